The van der Waals surface area contributed by atoms with E-state index in [0.29, 0.717) is 5.69 Å². The molecule has 0 bridgehead atoms. The van der Waals surface area contributed by atoms with Gasteiger partial charge in [-0.3, -0.25) is 14.9 Å². The summed E-state index contributed by atoms with van der Waals surface area (Å²) in [5, 5.41) is 18.3. The van der Waals surface area contributed by atoms with Gasteiger partial charge < -0.3 is 21.7 Å². The predicted molar refractivity (Wildman–Crippen MR) is 72.6 cm³/mol. The summed E-state index contributed by atoms with van der Waals surface area (Å²) in [5.41, 5.74) is 5.32. The number of nitro groups is 1. The molecule has 108 valence electrons. The molecule has 5 N–H and O–H groups in total. The third-order valence-corrected chi connectivity index (χ3v) is 2.44. The molecule has 0 unspecified atom stereocenters. The number of urea groups is 1. The Balaban J connectivity index is 2.77. The van der Waals surface area contributed by atoms with Gasteiger partial charge in [0.15, 0.2) is 0 Å². The first-order chi connectivity index (χ1) is 9.45. The van der Waals surface area contributed by atoms with E-state index < -0.39 is 16.9 Å². The molecule has 0 saturated heterocycles. The maximum Gasteiger partial charge on any atom is 0.312 e. The molecule has 20 heavy (non-hydrogen) atoms. The number of amides is 3. The smallest absolute Gasteiger partial charge is 0.312 e. The zero-order valence-electron chi connectivity index (χ0n) is 10.8. The second-order valence-electron chi connectivity index (χ2n) is 3.78. The van der Waals surface area contributed by atoms with Gasteiger partial charge >= 0.3 is 6.03 Å². The van der Waals surface area contributed by atoms with Crippen molar-refractivity contribution in [2.75, 3.05) is 25.5 Å². The van der Waals surface area contributed by atoms with Crippen molar-refractivity contribution in [1.82, 2.24) is 10.6 Å². The molecular formula is C11H15N5O4. The molecule has 3 amide bonds. The lowest BCUT2D eigenvalue weighted by atomic mass is 10.1. The molecule has 1 aromatic carbocycles. The number of nitrogens with one attached hydrogen (secondary N) is 3. The van der Waals surface area contributed by atoms with Crippen molar-refractivity contribution in [3.63, 3.8) is 0 Å². The fourth-order valence-corrected chi connectivity index (χ4v) is 1.51. The molecule has 0 radical (unpaired) electrons. The van der Waals surface area contributed by atoms with Crippen molar-refractivity contribution in [3.8, 4) is 0 Å². The summed E-state index contributed by atoms with van der Waals surface area (Å²) in [6.07, 6.45) is 0. The Labute approximate surface area is 114 Å². The fourth-order valence-electron chi connectivity index (χ4n) is 1.51. The summed E-state index contributed by atoms with van der Waals surface area (Å²) in [7, 11) is 1.60. The van der Waals surface area contributed by atoms with Crippen LogP contribution < -0.4 is 21.7 Å². The van der Waals surface area contributed by atoms with Gasteiger partial charge in [0.1, 0.15) is 0 Å². The van der Waals surface area contributed by atoms with Crippen LogP contribution in [0, 0.1) is 10.1 Å². The second-order valence-corrected chi connectivity index (χ2v) is 3.78. The Hall–Kier alpha value is -2.84. The van der Waals surface area contributed by atoms with E-state index in [9.17, 15) is 19.7 Å². The molecule has 0 aliphatic carbocycles. The Morgan fingerprint density at radius 1 is 1.30 bits per heavy atom. The van der Waals surface area contributed by atoms with Crippen molar-refractivity contribution >= 4 is 23.3 Å². The first-order valence-electron chi connectivity index (χ1n) is 5.73. The van der Waals surface area contributed by atoms with Gasteiger partial charge in [0, 0.05) is 38.0 Å². The SMILES string of the molecule is CNc1ccc([N+](=O)[O-])cc1C(=O)NCCNC(N)=O. The van der Waals surface area contributed by atoms with Gasteiger partial charge in [-0.05, 0) is 6.07 Å². The molecule has 0 atom stereocenters. The number of non-ortho nitro benzene ring substituents is 1. The summed E-state index contributed by atoms with van der Waals surface area (Å²) in [6.45, 7) is 0.332. The molecular weight excluding hydrogens is 266 g/mol. The van der Waals surface area contributed by atoms with E-state index >= 15 is 0 Å². The minimum absolute atomic E-state index is 0.153. The highest BCUT2D eigenvalue weighted by molar-refractivity contribution is 6.00. The van der Waals surface area contributed by atoms with Crippen molar-refractivity contribution < 1.29 is 14.5 Å². The van der Waals surface area contributed by atoms with Crippen molar-refractivity contribution in [2.45, 2.75) is 0 Å². The first-order valence-corrected chi connectivity index (χ1v) is 5.73. The minimum atomic E-state index is -0.689. The Morgan fingerprint density at radius 2 is 1.95 bits per heavy atom. The number of carbonyl (C=O) groups is 2. The number of nitro benzene ring substituents is 1. The van der Waals surface area contributed by atoms with Crippen LogP contribution in [0.25, 0.3) is 0 Å². The van der Waals surface area contributed by atoms with Crippen LogP contribution in [0.1, 0.15) is 10.4 Å². The van der Waals surface area contributed by atoms with E-state index in [4.69, 9.17) is 5.73 Å². The number of hydrogen-bond acceptors (Lipinski definition) is 5. The molecule has 0 saturated carbocycles. The summed E-state index contributed by atoms with van der Waals surface area (Å²) in [5.74, 6) is -0.482. The van der Waals surface area contributed by atoms with Crippen molar-refractivity contribution in [1.29, 1.82) is 0 Å². The maximum atomic E-state index is 11.9. The standard InChI is InChI=1S/C11H15N5O4/c1-13-9-3-2-7(16(19)20)6-8(9)10(17)14-4-5-15-11(12)18/h2-3,6,13H,4-5H2,1H3,(H,14,17)(H3,12,15,18). The number of nitrogens with two attached hydrogens (primary N) is 1. The molecule has 0 heterocycles. The highest BCUT2D eigenvalue weighted by Crippen LogP contribution is 2.21. The lowest BCUT2D eigenvalue weighted by molar-refractivity contribution is -0.384. The summed E-state index contributed by atoms with van der Waals surface area (Å²) >= 11 is 0. The number of hydrogen-bond donors (Lipinski definition) is 4. The average molecular weight is 281 g/mol. The number of nitrogens with zero attached hydrogens (tertiary/aromatic N) is 1. The number of primary amides is 1. The van der Waals surface area contributed by atoms with Crippen LogP contribution in [0.3, 0.4) is 0 Å². The number of carbonyl (C=O) groups excluding carboxylic acids is 2. The van der Waals surface area contributed by atoms with E-state index in [1.54, 1.807) is 7.05 Å². The molecule has 1 rings (SSSR count). The zero-order chi connectivity index (χ0) is 15.1. The van der Waals surface area contributed by atoms with Crippen molar-refractivity contribution in [3.05, 3.63) is 33.9 Å². The van der Waals surface area contributed by atoms with E-state index in [0.717, 1.165) is 0 Å². The average Bonchev–Trinajstić information content (AvgIpc) is 2.42. The summed E-state index contributed by atoms with van der Waals surface area (Å²) in [6, 6.07) is 3.25. The summed E-state index contributed by atoms with van der Waals surface area (Å²) < 4.78 is 0. The third kappa shape index (κ3) is 4.12. The third-order valence-electron chi connectivity index (χ3n) is 2.44. The van der Waals surface area contributed by atoms with Crippen LogP contribution in [0.2, 0.25) is 0 Å². The molecule has 0 aromatic heterocycles. The monoisotopic (exact) mass is 281 g/mol. The van der Waals surface area contributed by atoms with Crippen molar-refractivity contribution in [2.24, 2.45) is 5.73 Å². The Kier molecular flexibility index (Phi) is 5.27. The fraction of sp³-hybridized carbons (Fsp3) is 0.273. The Bertz CT molecular complexity index is 532. The zero-order valence-corrected chi connectivity index (χ0v) is 10.8. The second kappa shape index (κ2) is 6.92. The van der Waals surface area contributed by atoms with Crippen LogP contribution in [-0.4, -0.2) is 37.0 Å². The first kappa shape index (κ1) is 15.2. The van der Waals surface area contributed by atoms with E-state index in [1.807, 2.05) is 0 Å². The lowest BCUT2D eigenvalue weighted by Gasteiger charge is -2.09. The normalized spacial score (nSPS) is 9.65. The molecule has 0 spiro atoms. The lowest BCUT2D eigenvalue weighted by Crippen LogP contribution is -2.37. The Morgan fingerprint density at radius 3 is 2.50 bits per heavy atom. The van der Waals surface area contributed by atoms with Crippen LogP contribution in [0.5, 0.6) is 0 Å². The molecule has 9 nitrogen and oxygen atoms in total. The van der Waals surface area contributed by atoms with Gasteiger partial charge in [0.05, 0.1) is 10.5 Å². The van der Waals surface area contributed by atoms with Crippen LogP contribution in [0.15, 0.2) is 18.2 Å². The van der Waals surface area contributed by atoms with Crippen LogP contribution in [0.4, 0.5) is 16.2 Å². The number of anilines is 1. The molecule has 0 aliphatic rings. The topological polar surface area (TPSA) is 139 Å². The number of benzene rings is 1. The highest BCUT2D eigenvalue weighted by Gasteiger charge is 2.15. The van der Waals surface area contributed by atoms with Gasteiger partial charge in [-0.25, -0.2) is 4.79 Å². The van der Waals surface area contributed by atoms with E-state index in [1.165, 1.54) is 18.2 Å². The quantitative estimate of drug-likeness (QED) is 0.331. The van der Waals surface area contributed by atoms with Gasteiger partial charge in [-0.1, -0.05) is 0 Å². The van der Waals surface area contributed by atoms with E-state index in [-0.39, 0.29) is 24.3 Å². The number of rotatable bonds is 6. The summed E-state index contributed by atoms with van der Waals surface area (Å²) in [4.78, 5) is 32.5. The van der Waals surface area contributed by atoms with Gasteiger partial charge in [0.25, 0.3) is 11.6 Å². The molecule has 0 aliphatic heterocycles. The predicted octanol–water partition coefficient (Wildman–Crippen LogP) is 0.0346. The van der Waals surface area contributed by atoms with Gasteiger partial charge in [-0.2, -0.15) is 0 Å². The van der Waals surface area contributed by atoms with Crippen LogP contribution in [-0.2, 0) is 0 Å². The minimum Gasteiger partial charge on any atom is -0.387 e. The largest absolute Gasteiger partial charge is 0.387 e. The molecule has 9 heteroatoms. The molecule has 1 aromatic rings. The van der Waals surface area contributed by atoms with Gasteiger partial charge in [0.2, 0.25) is 0 Å². The van der Waals surface area contributed by atoms with E-state index in [2.05, 4.69) is 16.0 Å². The highest BCUT2D eigenvalue weighted by atomic mass is 16.6. The maximum absolute atomic E-state index is 11.9. The van der Waals surface area contributed by atoms with Gasteiger partial charge in [-0.15, -0.1) is 0 Å². The molecule has 0 fully saturated rings. The van der Waals surface area contributed by atoms with Crippen LogP contribution >= 0.6 is 0 Å².